The van der Waals surface area contributed by atoms with Crippen molar-refractivity contribution in [3.05, 3.63) is 45.5 Å². The zero-order valence-electron chi connectivity index (χ0n) is 16.0. The number of furan rings is 1. The number of hydrogen-bond donors (Lipinski definition) is 3. The van der Waals surface area contributed by atoms with Crippen LogP contribution in [0.2, 0.25) is 0 Å². The zero-order valence-corrected chi connectivity index (χ0v) is 16.8. The van der Waals surface area contributed by atoms with Crippen LogP contribution >= 0.6 is 0 Å². The molecule has 2 atom stereocenters. The van der Waals surface area contributed by atoms with E-state index in [9.17, 15) is 18.5 Å². The molecular formula is C21H23FN2O4S. The Morgan fingerprint density at radius 3 is 2.38 bits per heavy atom. The van der Waals surface area contributed by atoms with Crippen LogP contribution in [0.1, 0.15) is 65.4 Å². The standard InChI is InChI=1S/C21H23FN2O4S/c22-19-11-4-1-6-13(11)20(14-7-2-5-12(14)19)23-21(26)24-29(27)18-10-15-16(25)8-3-9-17(15)28-18/h10,16,25H,1-9H2,(H2,23,24,26). The molecular weight excluding hydrogens is 395 g/mol. The van der Waals surface area contributed by atoms with E-state index in [1.54, 1.807) is 6.07 Å². The number of aryl methyl sites for hydroxylation is 1. The van der Waals surface area contributed by atoms with E-state index in [-0.39, 0.29) is 10.9 Å². The minimum absolute atomic E-state index is 0.0979. The highest BCUT2D eigenvalue weighted by Gasteiger charge is 2.30. The van der Waals surface area contributed by atoms with Gasteiger partial charge in [-0.25, -0.2) is 18.1 Å². The number of nitrogens with one attached hydrogen (secondary N) is 2. The van der Waals surface area contributed by atoms with Crippen LogP contribution in [0.25, 0.3) is 0 Å². The second-order valence-corrected chi connectivity index (χ2v) is 9.13. The summed E-state index contributed by atoms with van der Waals surface area (Å²) in [6.45, 7) is 0. The second kappa shape index (κ2) is 7.25. The lowest BCUT2D eigenvalue weighted by atomic mass is 9.96. The minimum atomic E-state index is -1.88. The first-order valence-corrected chi connectivity index (χ1v) is 11.3. The molecule has 0 saturated heterocycles. The zero-order chi connectivity index (χ0) is 20.1. The summed E-state index contributed by atoms with van der Waals surface area (Å²) in [6.07, 6.45) is 6.12. The van der Waals surface area contributed by atoms with Gasteiger partial charge in [0.05, 0.1) is 6.10 Å². The van der Waals surface area contributed by atoms with Gasteiger partial charge in [0.15, 0.2) is 11.0 Å². The van der Waals surface area contributed by atoms with Gasteiger partial charge in [0.1, 0.15) is 11.6 Å². The molecule has 0 spiro atoms. The van der Waals surface area contributed by atoms with Gasteiger partial charge >= 0.3 is 6.03 Å². The van der Waals surface area contributed by atoms with Crippen LogP contribution in [0.5, 0.6) is 0 Å². The van der Waals surface area contributed by atoms with Crippen molar-refractivity contribution in [1.82, 2.24) is 4.72 Å². The van der Waals surface area contributed by atoms with Crippen LogP contribution in [0.15, 0.2) is 15.6 Å². The molecule has 29 heavy (non-hydrogen) atoms. The summed E-state index contributed by atoms with van der Waals surface area (Å²) in [7, 11) is -1.88. The summed E-state index contributed by atoms with van der Waals surface area (Å²) in [4.78, 5) is 12.6. The number of urea groups is 1. The lowest BCUT2D eigenvalue weighted by molar-refractivity contribution is 0.152. The number of amides is 2. The number of aliphatic hydroxyl groups is 1. The number of anilines is 1. The number of halogens is 1. The molecule has 2 unspecified atom stereocenters. The van der Waals surface area contributed by atoms with E-state index >= 15 is 0 Å². The van der Waals surface area contributed by atoms with Gasteiger partial charge in [-0.3, -0.25) is 0 Å². The molecule has 8 heteroatoms. The molecule has 3 aliphatic rings. The van der Waals surface area contributed by atoms with Crippen LogP contribution in [-0.4, -0.2) is 15.3 Å². The Morgan fingerprint density at radius 2 is 1.72 bits per heavy atom. The quantitative estimate of drug-likeness (QED) is 0.710. The molecule has 6 nitrogen and oxygen atoms in total. The summed E-state index contributed by atoms with van der Waals surface area (Å²) in [5.41, 5.74) is 4.52. The Kier molecular flexibility index (Phi) is 4.70. The Labute approximate surface area is 170 Å². The summed E-state index contributed by atoms with van der Waals surface area (Å²) in [6, 6.07) is 0.955. The Balaban J connectivity index is 1.36. The first-order valence-electron chi connectivity index (χ1n) is 10.2. The third-order valence-corrected chi connectivity index (χ3v) is 7.17. The molecule has 0 fully saturated rings. The molecule has 3 N–H and O–H groups in total. The number of carbonyl (C=O) groups is 1. The lowest BCUT2D eigenvalue weighted by Gasteiger charge is -2.17. The highest BCUT2D eigenvalue weighted by atomic mass is 32.2. The Hall–Kier alpha value is -2.19. The maximum Gasteiger partial charge on any atom is 0.331 e. The molecule has 5 rings (SSSR count). The molecule has 1 aromatic heterocycles. The maximum atomic E-state index is 14.8. The smallest absolute Gasteiger partial charge is 0.331 e. The van der Waals surface area contributed by atoms with Crippen molar-refractivity contribution in [3.8, 4) is 0 Å². The highest BCUT2D eigenvalue weighted by Crippen LogP contribution is 2.41. The van der Waals surface area contributed by atoms with Crippen LogP contribution in [0.4, 0.5) is 14.9 Å². The van der Waals surface area contributed by atoms with Crippen molar-refractivity contribution in [3.63, 3.8) is 0 Å². The third kappa shape index (κ3) is 3.18. The number of benzene rings is 1. The van der Waals surface area contributed by atoms with Gasteiger partial charge in [-0.2, -0.15) is 0 Å². The van der Waals surface area contributed by atoms with Crippen molar-refractivity contribution in [2.45, 2.75) is 69.0 Å². The van der Waals surface area contributed by atoms with Gasteiger partial charge in [-0.15, -0.1) is 0 Å². The van der Waals surface area contributed by atoms with Gasteiger partial charge in [0, 0.05) is 23.7 Å². The molecule has 3 aliphatic carbocycles. The first-order chi connectivity index (χ1) is 14.0. The highest BCUT2D eigenvalue weighted by molar-refractivity contribution is 7.83. The van der Waals surface area contributed by atoms with E-state index in [1.807, 2.05) is 0 Å². The van der Waals surface area contributed by atoms with Crippen LogP contribution in [0.3, 0.4) is 0 Å². The predicted octanol–water partition coefficient (Wildman–Crippen LogP) is 3.61. The minimum Gasteiger partial charge on any atom is -0.450 e. The monoisotopic (exact) mass is 418 g/mol. The summed E-state index contributed by atoms with van der Waals surface area (Å²) < 4.78 is 35.4. The van der Waals surface area contributed by atoms with Crippen molar-refractivity contribution in [2.24, 2.45) is 0 Å². The third-order valence-electron chi connectivity index (χ3n) is 6.24. The molecule has 1 aromatic carbocycles. The number of fused-ring (bicyclic) bond motifs is 3. The van der Waals surface area contributed by atoms with Crippen LogP contribution in [-0.2, 0) is 43.1 Å². The van der Waals surface area contributed by atoms with Gasteiger partial charge < -0.3 is 14.8 Å². The van der Waals surface area contributed by atoms with Crippen molar-refractivity contribution in [2.75, 3.05) is 5.32 Å². The molecule has 0 radical (unpaired) electrons. The van der Waals surface area contributed by atoms with E-state index < -0.39 is 23.1 Å². The fraction of sp³-hybridized carbons (Fsp3) is 0.476. The van der Waals surface area contributed by atoms with E-state index in [0.717, 1.165) is 54.4 Å². The predicted molar refractivity (Wildman–Crippen MR) is 106 cm³/mol. The number of rotatable bonds is 3. The van der Waals surface area contributed by atoms with Crippen molar-refractivity contribution in [1.29, 1.82) is 0 Å². The average Bonchev–Trinajstić information content (AvgIpc) is 3.44. The normalized spacial score (nSPS) is 20.7. The summed E-state index contributed by atoms with van der Waals surface area (Å²) >= 11 is 0. The largest absolute Gasteiger partial charge is 0.450 e. The Morgan fingerprint density at radius 1 is 1.07 bits per heavy atom. The summed E-state index contributed by atoms with van der Waals surface area (Å²) in [5, 5.41) is 13.0. The van der Waals surface area contributed by atoms with Crippen LogP contribution in [0, 0.1) is 5.82 Å². The van der Waals surface area contributed by atoms with Gasteiger partial charge in [-0.1, -0.05) is 0 Å². The van der Waals surface area contributed by atoms with Crippen molar-refractivity contribution >= 4 is 22.7 Å². The first kappa shape index (κ1) is 18.8. The second-order valence-electron chi connectivity index (χ2n) is 7.99. The van der Waals surface area contributed by atoms with Crippen LogP contribution < -0.4 is 10.0 Å². The molecule has 154 valence electrons. The van der Waals surface area contributed by atoms with Gasteiger partial charge in [0.2, 0.25) is 5.09 Å². The van der Waals surface area contributed by atoms with Gasteiger partial charge in [-0.05, 0) is 73.6 Å². The molecule has 0 bridgehead atoms. The average molecular weight is 418 g/mol. The SMILES string of the molecule is O=C(Nc1c2c(c(F)c3c1CCC3)CCC2)NS(=O)c1cc2c(o1)CCCC2O. The van der Waals surface area contributed by atoms with Crippen molar-refractivity contribution < 1.29 is 22.9 Å². The van der Waals surface area contributed by atoms with Gasteiger partial charge in [0.25, 0.3) is 0 Å². The maximum absolute atomic E-state index is 14.8. The Bertz CT molecular complexity index is 997. The fourth-order valence-corrected chi connectivity index (χ4v) is 5.64. The van der Waals surface area contributed by atoms with E-state index in [2.05, 4.69) is 10.0 Å². The molecule has 2 aromatic rings. The molecule has 2 amide bonds. The van der Waals surface area contributed by atoms with E-state index in [1.165, 1.54) is 0 Å². The topological polar surface area (TPSA) is 91.6 Å². The lowest BCUT2D eigenvalue weighted by Crippen LogP contribution is -2.31. The molecule has 0 aliphatic heterocycles. The number of hydrogen-bond acceptors (Lipinski definition) is 4. The number of aliphatic hydroxyl groups excluding tert-OH is 1. The summed E-state index contributed by atoms with van der Waals surface area (Å²) in [5.74, 6) is 0.530. The van der Waals surface area contributed by atoms with E-state index in [4.69, 9.17) is 4.42 Å². The fourth-order valence-electron chi connectivity index (χ4n) is 4.91. The van der Waals surface area contributed by atoms with E-state index in [0.29, 0.717) is 42.7 Å². The number of carbonyl (C=O) groups excluding carboxylic acids is 1. The molecule has 1 heterocycles. The molecule has 0 saturated carbocycles.